The fourth-order valence-electron chi connectivity index (χ4n) is 4.54. The molecule has 1 aromatic carbocycles. The molecule has 0 saturated heterocycles. The highest BCUT2D eigenvalue weighted by Gasteiger charge is 2.34. The summed E-state index contributed by atoms with van der Waals surface area (Å²) >= 11 is 0. The van der Waals surface area contributed by atoms with Crippen molar-refractivity contribution in [3.8, 4) is 0 Å². The Bertz CT molecular complexity index is 1330. The van der Waals surface area contributed by atoms with Gasteiger partial charge in [0.15, 0.2) is 5.96 Å². The van der Waals surface area contributed by atoms with Crippen molar-refractivity contribution in [1.29, 1.82) is 0 Å². The summed E-state index contributed by atoms with van der Waals surface area (Å²) in [6.45, 7) is 13.8. The maximum Gasteiger partial charge on any atom is 0.408 e. The molecule has 1 rings (SSSR count). The van der Waals surface area contributed by atoms with Crippen molar-refractivity contribution in [3.63, 3.8) is 0 Å². The molecule has 280 valence electrons. The predicted molar refractivity (Wildman–Crippen MR) is 187 cm³/mol. The molecule has 4 amide bonds. The lowest BCUT2D eigenvalue weighted by Crippen LogP contribution is -2.58. The van der Waals surface area contributed by atoms with Crippen molar-refractivity contribution < 1.29 is 43.3 Å². The maximum atomic E-state index is 13.6. The molecule has 16 nitrogen and oxygen atoms in total. The van der Waals surface area contributed by atoms with Crippen molar-refractivity contribution in [2.75, 3.05) is 6.54 Å². The number of aliphatic imine (C=N–C) groups is 1. The molecule has 0 saturated carbocycles. The van der Waals surface area contributed by atoms with Crippen LogP contribution in [0.4, 0.5) is 4.79 Å². The summed E-state index contributed by atoms with van der Waals surface area (Å²) in [5, 5.41) is 19.7. The average molecular weight is 706 g/mol. The molecule has 0 aliphatic carbocycles. The monoisotopic (exact) mass is 705 g/mol. The quantitative estimate of drug-likeness (QED) is 0.0498. The number of carbonyl (C=O) groups is 6. The van der Waals surface area contributed by atoms with Crippen LogP contribution in [0.1, 0.15) is 86.6 Å². The number of alkyl carbamates (subject to hydrolysis) is 1. The summed E-state index contributed by atoms with van der Waals surface area (Å²) in [4.78, 5) is 82.1. The van der Waals surface area contributed by atoms with E-state index in [-0.39, 0.29) is 44.1 Å². The molecular formula is C34H55N7O9. The van der Waals surface area contributed by atoms with Gasteiger partial charge in [0, 0.05) is 13.0 Å². The summed E-state index contributed by atoms with van der Waals surface area (Å²) in [7, 11) is 0. The van der Waals surface area contributed by atoms with E-state index in [2.05, 4.69) is 26.3 Å². The van der Waals surface area contributed by atoms with Crippen molar-refractivity contribution >= 4 is 41.7 Å². The number of benzene rings is 1. The zero-order valence-corrected chi connectivity index (χ0v) is 30.3. The van der Waals surface area contributed by atoms with Crippen LogP contribution in [0.3, 0.4) is 0 Å². The second-order valence-electron chi connectivity index (χ2n) is 14.3. The summed E-state index contributed by atoms with van der Waals surface area (Å²) in [6.07, 6.45) is -1.32. The topological polar surface area (TPSA) is 254 Å². The van der Waals surface area contributed by atoms with Crippen LogP contribution in [0.5, 0.6) is 0 Å². The Labute approximate surface area is 293 Å². The minimum atomic E-state index is -1.66. The number of nitrogens with two attached hydrogens (primary N) is 2. The molecule has 0 unspecified atom stereocenters. The first-order chi connectivity index (χ1) is 23.1. The van der Waals surface area contributed by atoms with Gasteiger partial charge < -0.3 is 47.3 Å². The summed E-state index contributed by atoms with van der Waals surface area (Å²) in [5.74, 6) is -4.87. The Morgan fingerprint density at radius 2 is 1.28 bits per heavy atom. The Morgan fingerprint density at radius 1 is 0.760 bits per heavy atom. The number of aliphatic carboxylic acids is 1. The second kappa shape index (κ2) is 19.9. The van der Waals surface area contributed by atoms with Crippen LogP contribution in [-0.2, 0) is 39.9 Å². The molecule has 0 aliphatic rings. The molecule has 0 aromatic heterocycles. The van der Waals surface area contributed by atoms with Gasteiger partial charge in [-0.05, 0) is 72.3 Å². The Morgan fingerprint density at radius 3 is 1.80 bits per heavy atom. The standard InChI is InChI=1S/C34H55N7O9/c1-20(2)17-25(30(47)49-33(3,4)5)40-27(44)22(15-12-16-37-31(35)36)38-29(46)24(19-26(42)43)39-28(45)23(18-21-13-10-9-11-14-21)41-32(48)50-34(6,7)8/h9-11,13-14,20,22-25H,12,15-19H2,1-8H3,(H,38,46)(H,39,45)(H,40,44)(H,41,48)(H,42,43)(H4,35,36,37)/t22-,23-,24-,25-/m0/s1. The maximum absolute atomic E-state index is 13.6. The highest BCUT2D eigenvalue weighted by molar-refractivity contribution is 5.96. The van der Waals surface area contributed by atoms with Crippen molar-refractivity contribution in [3.05, 3.63) is 35.9 Å². The van der Waals surface area contributed by atoms with Gasteiger partial charge >= 0.3 is 18.0 Å². The van der Waals surface area contributed by atoms with Crippen LogP contribution in [0.15, 0.2) is 35.3 Å². The molecule has 1 aromatic rings. The molecular weight excluding hydrogens is 650 g/mol. The third-order valence-electron chi connectivity index (χ3n) is 6.59. The minimum absolute atomic E-state index is 0.00887. The fourth-order valence-corrected chi connectivity index (χ4v) is 4.54. The zero-order chi connectivity index (χ0) is 38.2. The van der Waals surface area contributed by atoms with Crippen LogP contribution < -0.4 is 32.7 Å². The Kier molecular flexibility index (Phi) is 17.2. The van der Waals surface area contributed by atoms with Crippen LogP contribution in [0.2, 0.25) is 0 Å². The molecule has 16 heteroatoms. The number of amides is 4. The minimum Gasteiger partial charge on any atom is -0.481 e. The smallest absolute Gasteiger partial charge is 0.408 e. The third kappa shape index (κ3) is 18.6. The molecule has 9 N–H and O–H groups in total. The third-order valence-corrected chi connectivity index (χ3v) is 6.59. The largest absolute Gasteiger partial charge is 0.481 e. The number of carboxylic acids is 1. The molecule has 0 radical (unpaired) electrons. The van der Waals surface area contributed by atoms with Crippen molar-refractivity contribution in [1.82, 2.24) is 21.3 Å². The van der Waals surface area contributed by atoms with Gasteiger partial charge in [-0.3, -0.25) is 24.2 Å². The fraction of sp³-hybridized carbons (Fsp3) is 0.618. The summed E-state index contributed by atoms with van der Waals surface area (Å²) in [6, 6.07) is 3.45. The normalized spacial score (nSPS) is 13.9. The van der Waals surface area contributed by atoms with Crippen LogP contribution >= 0.6 is 0 Å². The lowest BCUT2D eigenvalue weighted by molar-refractivity contribution is -0.159. The number of esters is 1. The van der Waals surface area contributed by atoms with Crippen molar-refractivity contribution in [2.24, 2.45) is 22.4 Å². The SMILES string of the molecule is CC(C)C[C@H](NC(=O)[C@H](CCCN=C(N)N)NC(=O)[C@H](CC(=O)O)NC(=O)[C@H](Cc1ccccc1)NC(=O)OC(C)(C)C)C(=O)OC(C)(C)C. The van der Waals surface area contributed by atoms with Gasteiger partial charge in [-0.1, -0.05) is 44.2 Å². The number of ether oxygens (including phenoxy) is 2. The Hall–Kier alpha value is -4.89. The van der Waals surface area contributed by atoms with E-state index in [9.17, 15) is 33.9 Å². The van der Waals surface area contributed by atoms with Gasteiger partial charge in [-0.15, -0.1) is 0 Å². The number of hydrogen-bond donors (Lipinski definition) is 7. The summed E-state index contributed by atoms with van der Waals surface area (Å²) in [5.41, 5.74) is 9.78. The van der Waals surface area contributed by atoms with E-state index >= 15 is 0 Å². The molecule has 4 atom stereocenters. The lowest BCUT2D eigenvalue weighted by Gasteiger charge is -2.28. The van der Waals surface area contributed by atoms with Gasteiger partial charge in [0.25, 0.3) is 0 Å². The second-order valence-corrected chi connectivity index (χ2v) is 14.3. The van der Waals surface area contributed by atoms with Crippen molar-refractivity contribution in [2.45, 2.75) is 123 Å². The van der Waals surface area contributed by atoms with Crippen LogP contribution in [0, 0.1) is 5.92 Å². The molecule has 0 fully saturated rings. The number of nitrogens with one attached hydrogen (secondary N) is 4. The van der Waals surface area contributed by atoms with Gasteiger partial charge in [0.05, 0.1) is 6.42 Å². The highest BCUT2D eigenvalue weighted by Crippen LogP contribution is 2.14. The number of hydrogen-bond acceptors (Lipinski definition) is 9. The number of rotatable bonds is 18. The summed E-state index contributed by atoms with van der Waals surface area (Å²) < 4.78 is 10.8. The van der Waals surface area contributed by atoms with E-state index in [0.29, 0.717) is 5.56 Å². The molecule has 50 heavy (non-hydrogen) atoms. The van der Waals surface area contributed by atoms with E-state index in [1.807, 2.05) is 13.8 Å². The van der Waals surface area contributed by atoms with E-state index in [0.717, 1.165) is 0 Å². The lowest BCUT2D eigenvalue weighted by atomic mass is 10.0. The molecule has 0 heterocycles. The van der Waals surface area contributed by atoms with Crippen LogP contribution in [0.25, 0.3) is 0 Å². The van der Waals surface area contributed by atoms with Crippen LogP contribution in [-0.4, -0.2) is 88.7 Å². The zero-order valence-electron chi connectivity index (χ0n) is 30.3. The van der Waals surface area contributed by atoms with E-state index in [4.69, 9.17) is 20.9 Å². The van der Waals surface area contributed by atoms with Gasteiger partial charge in [-0.2, -0.15) is 0 Å². The molecule has 0 spiro atoms. The molecule has 0 aliphatic heterocycles. The van der Waals surface area contributed by atoms with Gasteiger partial charge in [0.2, 0.25) is 17.7 Å². The first-order valence-corrected chi connectivity index (χ1v) is 16.5. The van der Waals surface area contributed by atoms with Gasteiger partial charge in [-0.25, -0.2) is 9.59 Å². The molecule has 0 bridgehead atoms. The van der Waals surface area contributed by atoms with Gasteiger partial charge in [0.1, 0.15) is 35.4 Å². The average Bonchev–Trinajstić information content (AvgIpc) is 2.95. The first-order valence-electron chi connectivity index (χ1n) is 16.5. The predicted octanol–water partition coefficient (Wildman–Crippen LogP) is 1.49. The van der Waals surface area contributed by atoms with E-state index in [1.54, 1.807) is 71.9 Å². The highest BCUT2D eigenvalue weighted by atomic mass is 16.6. The number of carbonyl (C=O) groups excluding carboxylic acids is 5. The van der Waals surface area contributed by atoms with E-state index < -0.39 is 77.5 Å². The number of guanidine groups is 1. The Balaban J connectivity index is 3.34. The number of nitrogens with zero attached hydrogens (tertiary/aromatic N) is 1. The van der Waals surface area contributed by atoms with E-state index in [1.165, 1.54) is 0 Å². The number of carboxylic acid groups (broad SMARTS) is 1. The first kappa shape index (κ1) is 43.1.